The van der Waals surface area contributed by atoms with Gasteiger partial charge in [0.1, 0.15) is 5.78 Å². The minimum absolute atomic E-state index is 0.00199. The van der Waals surface area contributed by atoms with E-state index in [1.165, 1.54) is 7.11 Å². The maximum atomic E-state index is 14.2. The highest BCUT2D eigenvalue weighted by atomic mass is 16.5. The number of amides is 2. The van der Waals surface area contributed by atoms with E-state index < -0.39 is 42.0 Å². The molecule has 1 saturated heterocycles. The number of hydrogen-bond donors (Lipinski definition) is 1. The fraction of sp³-hybridized carbons (Fsp3) is 0.738. The van der Waals surface area contributed by atoms with Crippen LogP contribution < -0.4 is 5.32 Å². The van der Waals surface area contributed by atoms with Crippen LogP contribution in [0.1, 0.15) is 92.6 Å². The van der Waals surface area contributed by atoms with Gasteiger partial charge in [0, 0.05) is 52.5 Å². The van der Waals surface area contributed by atoms with Crippen LogP contribution in [0.4, 0.5) is 0 Å². The van der Waals surface area contributed by atoms with Crippen molar-refractivity contribution in [3.63, 3.8) is 0 Å². The molecule has 0 aliphatic carbocycles. The van der Waals surface area contributed by atoms with Gasteiger partial charge in [-0.1, -0.05) is 85.2 Å². The summed E-state index contributed by atoms with van der Waals surface area (Å²) in [4.78, 5) is 71.7. The van der Waals surface area contributed by atoms with Crippen molar-refractivity contribution >= 4 is 29.4 Å². The number of Topliss-reactive ketones (excluding diaryl/α,β-unsaturated/α-hetero) is 2. The number of methoxy groups -OCH3 is 3. The second kappa shape index (κ2) is 22.3. The molecule has 300 valence electrons. The molecule has 0 unspecified atom stereocenters. The van der Waals surface area contributed by atoms with E-state index in [-0.39, 0.29) is 72.5 Å². The van der Waals surface area contributed by atoms with Gasteiger partial charge in [0.2, 0.25) is 11.8 Å². The van der Waals surface area contributed by atoms with E-state index in [0.717, 1.165) is 18.4 Å². The van der Waals surface area contributed by atoms with Crippen LogP contribution in [0.5, 0.6) is 0 Å². The highest BCUT2D eigenvalue weighted by Crippen LogP contribution is 2.32. The first-order valence-electron chi connectivity index (χ1n) is 19.5. The number of esters is 1. The summed E-state index contributed by atoms with van der Waals surface area (Å²) >= 11 is 0. The Balaban J connectivity index is 2.27. The third-order valence-corrected chi connectivity index (χ3v) is 11.5. The Hall–Kier alpha value is -3.15. The molecule has 1 aliphatic heterocycles. The highest BCUT2D eigenvalue weighted by Gasteiger charge is 2.43. The minimum Gasteiger partial charge on any atom is -0.469 e. The van der Waals surface area contributed by atoms with Gasteiger partial charge in [0.05, 0.1) is 49.8 Å². The van der Waals surface area contributed by atoms with Crippen LogP contribution in [-0.2, 0) is 44.6 Å². The van der Waals surface area contributed by atoms with E-state index in [2.05, 4.69) is 19.2 Å². The zero-order chi connectivity index (χ0) is 40.0. The highest BCUT2D eigenvalue weighted by molar-refractivity contribution is 5.90. The first-order valence-corrected chi connectivity index (χ1v) is 19.5. The van der Waals surface area contributed by atoms with Gasteiger partial charge >= 0.3 is 5.97 Å². The fourth-order valence-corrected chi connectivity index (χ4v) is 8.15. The van der Waals surface area contributed by atoms with Gasteiger partial charge in [0.15, 0.2) is 5.78 Å². The van der Waals surface area contributed by atoms with Gasteiger partial charge in [-0.25, -0.2) is 0 Å². The van der Waals surface area contributed by atoms with Crippen molar-refractivity contribution in [1.29, 1.82) is 0 Å². The van der Waals surface area contributed by atoms with Crippen LogP contribution in [0.3, 0.4) is 0 Å². The second-order valence-corrected chi connectivity index (χ2v) is 15.7. The van der Waals surface area contributed by atoms with Crippen molar-refractivity contribution in [1.82, 2.24) is 15.1 Å². The molecule has 1 aromatic rings. The monoisotopic (exact) mass is 744 g/mol. The fourth-order valence-electron chi connectivity index (χ4n) is 8.15. The number of likely N-dealkylation sites (N-methyl/N-ethyl adjacent to an activating group) is 2. The molecule has 1 fully saturated rings. The van der Waals surface area contributed by atoms with Crippen LogP contribution in [0.25, 0.3) is 0 Å². The van der Waals surface area contributed by atoms with E-state index in [4.69, 9.17) is 14.2 Å². The van der Waals surface area contributed by atoms with Crippen LogP contribution in [0, 0.1) is 35.5 Å². The third-order valence-electron chi connectivity index (χ3n) is 11.5. The Morgan fingerprint density at radius 1 is 0.887 bits per heavy atom. The predicted octanol–water partition coefficient (Wildman–Crippen LogP) is 5.37. The number of hydrogen-bond acceptors (Lipinski definition) is 9. The Labute approximate surface area is 319 Å². The lowest BCUT2D eigenvalue weighted by Gasteiger charge is -2.41. The summed E-state index contributed by atoms with van der Waals surface area (Å²) in [5.41, 5.74) is 0.941. The van der Waals surface area contributed by atoms with Crippen LogP contribution >= 0.6 is 0 Å². The lowest BCUT2D eigenvalue weighted by Crippen LogP contribution is -2.54. The molecule has 2 amide bonds. The average molecular weight is 744 g/mol. The van der Waals surface area contributed by atoms with Crippen molar-refractivity contribution in [2.45, 2.75) is 124 Å². The number of ketones is 2. The standard InChI is InChI=1S/C42H69N3O8/c1-13-28(6)39(44(9)41(49)32(26(2)3)24-35(47)38(43-8)27(4)5)36(51-10)25-37(48)45-21-17-20-33(45)40(52-11)29(7)34(46)23-31(42(50)53-12)22-30-18-15-14-16-19-30/h14-16,18-19,26-29,31-33,36,38-40,43H,13,17,20-25H2,1-12H3/t28-,29-,31+,32-,33-,36+,38-,39-,40+/m0/s1. The van der Waals surface area contributed by atoms with Gasteiger partial charge in [-0.05, 0) is 49.6 Å². The van der Waals surface area contributed by atoms with Crippen LogP contribution in [0.15, 0.2) is 30.3 Å². The summed E-state index contributed by atoms with van der Waals surface area (Å²) < 4.78 is 17.1. The molecule has 0 aromatic heterocycles. The van der Waals surface area contributed by atoms with E-state index in [9.17, 15) is 24.0 Å². The van der Waals surface area contributed by atoms with Gasteiger partial charge < -0.3 is 29.3 Å². The molecule has 0 saturated carbocycles. The first-order chi connectivity index (χ1) is 25.1. The molecule has 1 heterocycles. The number of nitrogens with zero attached hydrogens (tertiary/aromatic N) is 2. The van der Waals surface area contributed by atoms with E-state index in [1.807, 2.05) is 65.0 Å². The maximum absolute atomic E-state index is 14.2. The molecular formula is C42H69N3O8. The molecule has 0 bridgehead atoms. The number of nitrogens with one attached hydrogen (secondary N) is 1. The molecule has 11 heteroatoms. The molecular weight excluding hydrogens is 674 g/mol. The lowest BCUT2D eigenvalue weighted by atomic mass is 9.84. The smallest absolute Gasteiger partial charge is 0.309 e. The topological polar surface area (TPSA) is 132 Å². The summed E-state index contributed by atoms with van der Waals surface area (Å²) in [7, 11) is 8.00. The average Bonchev–Trinajstić information content (AvgIpc) is 3.62. The number of carbonyl (C=O) groups excluding carboxylic acids is 5. The van der Waals surface area contributed by atoms with Gasteiger partial charge in [-0.3, -0.25) is 24.0 Å². The summed E-state index contributed by atoms with van der Waals surface area (Å²) in [6, 6.07) is 8.45. The van der Waals surface area contributed by atoms with Crippen molar-refractivity contribution < 1.29 is 38.2 Å². The Bertz CT molecular complexity index is 1320. The number of ether oxygens (including phenoxy) is 3. The second-order valence-electron chi connectivity index (χ2n) is 15.7. The molecule has 0 radical (unpaired) electrons. The largest absolute Gasteiger partial charge is 0.469 e. The molecule has 2 rings (SSSR count). The van der Waals surface area contributed by atoms with Crippen molar-refractivity contribution in [3.05, 3.63) is 35.9 Å². The quantitative estimate of drug-likeness (QED) is 0.147. The Kier molecular flexibility index (Phi) is 19.3. The van der Waals surface area contributed by atoms with Crippen molar-refractivity contribution in [2.75, 3.05) is 42.0 Å². The number of carbonyl (C=O) groups is 5. The van der Waals surface area contributed by atoms with Crippen LogP contribution in [-0.4, -0.2) is 111 Å². The maximum Gasteiger partial charge on any atom is 0.309 e. The predicted molar refractivity (Wildman–Crippen MR) is 207 cm³/mol. The van der Waals surface area contributed by atoms with Gasteiger partial charge in [0.25, 0.3) is 0 Å². The molecule has 1 aromatic carbocycles. The van der Waals surface area contributed by atoms with E-state index in [1.54, 1.807) is 38.1 Å². The Morgan fingerprint density at radius 3 is 2.04 bits per heavy atom. The van der Waals surface area contributed by atoms with Crippen molar-refractivity contribution in [3.8, 4) is 0 Å². The van der Waals surface area contributed by atoms with Crippen molar-refractivity contribution in [2.24, 2.45) is 35.5 Å². The molecule has 53 heavy (non-hydrogen) atoms. The molecule has 9 atom stereocenters. The number of likely N-dealkylation sites (tertiary alicyclic amines) is 1. The Morgan fingerprint density at radius 2 is 1.53 bits per heavy atom. The molecule has 1 aliphatic rings. The number of benzene rings is 1. The van der Waals surface area contributed by atoms with E-state index >= 15 is 0 Å². The molecule has 11 nitrogen and oxygen atoms in total. The summed E-state index contributed by atoms with van der Waals surface area (Å²) in [5, 5.41) is 3.11. The summed E-state index contributed by atoms with van der Waals surface area (Å²) in [6.45, 7) is 14.3. The zero-order valence-corrected chi connectivity index (χ0v) is 34.6. The van der Waals surface area contributed by atoms with Gasteiger partial charge in [-0.2, -0.15) is 0 Å². The summed E-state index contributed by atoms with van der Waals surface area (Å²) in [6.07, 6.45) is 1.57. The SMILES string of the molecule is CC[C@H](C)[C@@H]([C@@H](CC(=O)N1CCC[C@H]1[C@H](OC)[C@@H](C)C(=O)C[C@@H](Cc1ccccc1)C(=O)OC)OC)N(C)C(=O)[C@@H](CC(=O)[C@@H](NC)C(C)C)C(C)C. The van der Waals surface area contributed by atoms with E-state index in [0.29, 0.717) is 19.4 Å². The van der Waals surface area contributed by atoms with Gasteiger partial charge in [-0.15, -0.1) is 0 Å². The normalized spacial score (nSPS) is 19.2. The lowest BCUT2D eigenvalue weighted by molar-refractivity contribution is -0.150. The minimum atomic E-state index is -0.635. The third kappa shape index (κ3) is 12.4. The van der Waals surface area contributed by atoms with Crippen LogP contribution in [0.2, 0.25) is 0 Å². The first kappa shape index (κ1) is 46.0. The molecule has 1 N–H and O–H groups in total. The molecule has 0 spiro atoms. The zero-order valence-electron chi connectivity index (χ0n) is 34.6. The number of rotatable bonds is 23. The summed E-state index contributed by atoms with van der Waals surface area (Å²) in [5.74, 6) is -2.51.